The van der Waals surface area contributed by atoms with Crippen LogP contribution in [0, 0.1) is 6.92 Å². The second-order valence-corrected chi connectivity index (χ2v) is 4.54. The first kappa shape index (κ1) is 13.5. The highest BCUT2D eigenvalue weighted by molar-refractivity contribution is 5.58. The number of nitrogens with zero attached hydrogens (tertiary/aromatic N) is 3. The van der Waals surface area contributed by atoms with Crippen molar-refractivity contribution in [2.45, 2.75) is 20.4 Å². The molecule has 0 unspecified atom stereocenters. The first-order valence-corrected chi connectivity index (χ1v) is 6.52. The van der Waals surface area contributed by atoms with E-state index in [1.807, 2.05) is 30.4 Å². The molecule has 1 heterocycles. The summed E-state index contributed by atoms with van der Waals surface area (Å²) in [5, 5.41) is 3.24. The van der Waals surface area contributed by atoms with Crippen LogP contribution in [0.1, 0.15) is 18.2 Å². The van der Waals surface area contributed by atoms with Crippen molar-refractivity contribution in [2.75, 3.05) is 18.5 Å². The van der Waals surface area contributed by atoms with E-state index in [0.717, 1.165) is 30.3 Å². The van der Waals surface area contributed by atoms with Gasteiger partial charge in [0.1, 0.15) is 0 Å². The molecule has 0 saturated carbocycles. The molecule has 0 spiro atoms. The normalized spacial score (nSPS) is 10.5. The Morgan fingerprint density at radius 2 is 2.05 bits per heavy atom. The van der Waals surface area contributed by atoms with Gasteiger partial charge in [0.15, 0.2) is 5.82 Å². The maximum Gasteiger partial charge on any atom is 0.151 e. The van der Waals surface area contributed by atoms with Gasteiger partial charge in [-0.15, -0.1) is 0 Å². The summed E-state index contributed by atoms with van der Waals surface area (Å²) in [5.74, 6) is 0.853. The fourth-order valence-corrected chi connectivity index (χ4v) is 1.83. The highest BCUT2D eigenvalue weighted by Crippen LogP contribution is 2.21. The van der Waals surface area contributed by atoms with Gasteiger partial charge in [0.2, 0.25) is 0 Å². The zero-order valence-electron chi connectivity index (χ0n) is 11.7. The Bertz CT molecular complexity index is 522. The van der Waals surface area contributed by atoms with Crippen LogP contribution < -0.4 is 10.2 Å². The minimum absolute atomic E-state index is 0.762. The Labute approximate surface area is 114 Å². The Hall–Kier alpha value is -1.94. The number of rotatable bonds is 5. The minimum atomic E-state index is 0.762. The molecule has 0 radical (unpaired) electrons. The van der Waals surface area contributed by atoms with Crippen LogP contribution in [0.25, 0.3) is 0 Å². The number of aryl methyl sites for hydroxylation is 1. The first-order chi connectivity index (χ1) is 9.20. The van der Waals surface area contributed by atoms with Crippen molar-refractivity contribution in [1.82, 2.24) is 15.3 Å². The van der Waals surface area contributed by atoms with Gasteiger partial charge in [-0.25, -0.2) is 4.98 Å². The fraction of sp³-hybridized carbons (Fsp3) is 0.333. The third-order valence-corrected chi connectivity index (χ3v) is 2.98. The van der Waals surface area contributed by atoms with Crippen molar-refractivity contribution in [3.8, 4) is 0 Å². The molecule has 1 N–H and O–H groups in total. The summed E-state index contributed by atoms with van der Waals surface area (Å²) in [4.78, 5) is 10.9. The predicted octanol–water partition coefficient (Wildman–Crippen LogP) is 2.66. The van der Waals surface area contributed by atoms with Gasteiger partial charge in [0.25, 0.3) is 0 Å². The second kappa shape index (κ2) is 6.29. The number of nitrogens with one attached hydrogen (secondary N) is 1. The number of aromatic nitrogens is 2. The van der Waals surface area contributed by atoms with Gasteiger partial charge in [0, 0.05) is 19.3 Å². The standard InChI is InChI=1S/C15H20N4/c1-4-16-9-13-10-18-15(11-17-13)19(3)14-7-5-6-12(2)8-14/h5-8,10-11,16H,4,9H2,1-3H3. The summed E-state index contributed by atoms with van der Waals surface area (Å²) in [6, 6.07) is 8.34. The SMILES string of the molecule is CCNCc1cnc(N(C)c2cccc(C)c2)cn1. The molecular formula is C15H20N4. The van der Waals surface area contributed by atoms with Crippen LogP contribution >= 0.6 is 0 Å². The molecular weight excluding hydrogens is 236 g/mol. The lowest BCUT2D eigenvalue weighted by atomic mass is 10.2. The van der Waals surface area contributed by atoms with Crippen LogP contribution in [-0.2, 0) is 6.54 Å². The predicted molar refractivity (Wildman–Crippen MR) is 78.7 cm³/mol. The molecule has 1 aromatic heterocycles. The van der Waals surface area contributed by atoms with E-state index in [0.29, 0.717) is 0 Å². The van der Waals surface area contributed by atoms with Crippen molar-refractivity contribution in [3.05, 3.63) is 47.9 Å². The Morgan fingerprint density at radius 1 is 1.21 bits per heavy atom. The van der Waals surface area contributed by atoms with Crippen LogP contribution in [-0.4, -0.2) is 23.6 Å². The smallest absolute Gasteiger partial charge is 0.151 e. The van der Waals surface area contributed by atoms with E-state index < -0.39 is 0 Å². The molecule has 4 heteroatoms. The summed E-state index contributed by atoms with van der Waals surface area (Å²) < 4.78 is 0. The molecule has 0 atom stereocenters. The van der Waals surface area contributed by atoms with E-state index in [2.05, 4.69) is 47.3 Å². The van der Waals surface area contributed by atoms with E-state index in [1.165, 1.54) is 5.56 Å². The van der Waals surface area contributed by atoms with Crippen LogP contribution in [0.15, 0.2) is 36.7 Å². The van der Waals surface area contributed by atoms with Gasteiger partial charge in [0.05, 0.1) is 18.1 Å². The lowest BCUT2D eigenvalue weighted by Gasteiger charge is -2.18. The summed E-state index contributed by atoms with van der Waals surface area (Å²) in [6.07, 6.45) is 3.64. The average molecular weight is 256 g/mol. The first-order valence-electron chi connectivity index (χ1n) is 6.52. The van der Waals surface area contributed by atoms with E-state index in [1.54, 1.807) is 0 Å². The van der Waals surface area contributed by atoms with E-state index in [4.69, 9.17) is 0 Å². The molecule has 100 valence electrons. The number of hydrogen-bond acceptors (Lipinski definition) is 4. The molecule has 0 aliphatic heterocycles. The van der Waals surface area contributed by atoms with Gasteiger partial charge in [-0.1, -0.05) is 19.1 Å². The molecule has 0 amide bonds. The molecule has 0 saturated heterocycles. The zero-order valence-corrected chi connectivity index (χ0v) is 11.7. The van der Waals surface area contributed by atoms with Gasteiger partial charge >= 0.3 is 0 Å². The maximum absolute atomic E-state index is 4.46. The summed E-state index contributed by atoms with van der Waals surface area (Å²) >= 11 is 0. The van der Waals surface area contributed by atoms with Crippen molar-refractivity contribution in [2.24, 2.45) is 0 Å². The third kappa shape index (κ3) is 3.51. The Balaban J connectivity index is 2.13. The van der Waals surface area contributed by atoms with E-state index >= 15 is 0 Å². The minimum Gasteiger partial charge on any atom is -0.328 e. The third-order valence-electron chi connectivity index (χ3n) is 2.98. The molecule has 0 aliphatic carbocycles. The van der Waals surface area contributed by atoms with Gasteiger partial charge < -0.3 is 10.2 Å². The molecule has 2 rings (SSSR count). The van der Waals surface area contributed by atoms with Crippen LogP contribution in [0.3, 0.4) is 0 Å². The van der Waals surface area contributed by atoms with Crippen LogP contribution in [0.2, 0.25) is 0 Å². The zero-order chi connectivity index (χ0) is 13.7. The molecule has 2 aromatic rings. The molecule has 1 aromatic carbocycles. The molecule has 0 aliphatic rings. The fourth-order valence-electron chi connectivity index (χ4n) is 1.83. The number of anilines is 2. The average Bonchev–Trinajstić information content (AvgIpc) is 2.45. The summed E-state index contributed by atoms with van der Waals surface area (Å²) in [6.45, 7) is 5.86. The van der Waals surface area contributed by atoms with E-state index in [-0.39, 0.29) is 0 Å². The van der Waals surface area contributed by atoms with E-state index in [9.17, 15) is 0 Å². The van der Waals surface area contributed by atoms with Crippen molar-refractivity contribution >= 4 is 11.5 Å². The maximum atomic E-state index is 4.46. The molecule has 0 fully saturated rings. The van der Waals surface area contributed by atoms with Gasteiger partial charge in [-0.05, 0) is 31.2 Å². The Kier molecular flexibility index (Phi) is 4.47. The van der Waals surface area contributed by atoms with Crippen molar-refractivity contribution in [3.63, 3.8) is 0 Å². The van der Waals surface area contributed by atoms with Crippen molar-refractivity contribution < 1.29 is 0 Å². The lowest BCUT2D eigenvalue weighted by Crippen LogP contribution is -2.15. The number of hydrogen-bond donors (Lipinski definition) is 1. The molecule has 19 heavy (non-hydrogen) atoms. The lowest BCUT2D eigenvalue weighted by molar-refractivity contribution is 0.707. The largest absolute Gasteiger partial charge is 0.328 e. The van der Waals surface area contributed by atoms with Gasteiger partial charge in [-0.3, -0.25) is 4.98 Å². The quantitative estimate of drug-likeness (QED) is 0.893. The topological polar surface area (TPSA) is 41.1 Å². The number of benzene rings is 1. The molecule has 0 bridgehead atoms. The van der Waals surface area contributed by atoms with Crippen LogP contribution in [0.4, 0.5) is 11.5 Å². The van der Waals surface area contributed by atoms with Crippen LogP contribution in [0.5, 0.6) is 0 Å². The monoisotopic (exact) mass is 256 g/mol. The summed E-state index contributed by atoms with van der Waals surface area (Å²) in [5.41, 5.74) is 3.32. The Morgan fingerprint density at radius 3 is 2.68 bits per heavy atom. The van der Waals surface area contributed by atoms with Gasteiger partial charge in [-0.2, -0.15) is 0 Å². The highest BCUT2D eigenvalue weighted by Gasteiger charge is 2.06. The highest BCUT2D eigenvalue weighted by atomic mass is 15.2. The van der Waals surface area contributed by atoms with Crippen molar-refractivity contribution in [1.29, 1.82) is 0 Å². The molecule has 4 nitrogen and oxygen atoms in total. The summed E-state index contributed by atoms with van der Waals surface area (Å²) in [7, 11) is 2.00. The second-order valence-electron chi connectivity index (χ2n) is 4.54.